The van der Waals surface area contributed by atoms with Crippen molar-refractivity contribution >= 4 is 23.4 Å². The van der Waals surface area contributed by atoms with Crippen molar-refractivity contribution in [2.45, 2.75) is 52.0 Å². The highest BCUT2D eigenvalue weighted by atomic mass is 16.2. The minimum Gasteiger partial charge on any atom is -0.326 e. The van der Waals surface area contributed by atoms with Crippen molar-refractivity contribution in [2.24, 2.45) is 41.4 Å². The number of carbonyl (C=O) groups is 3. The molecular weight excluding hydrogens is 388 g/mol. The zero-order chi connectivity index (χ0) is 21.4. The van der Waals surface area contributed by atoms with Crippen LogP contribution in [0.1, 0.15) is 43.2 Å². The second-order valence-electron chi connectivity index (χ2n) is 10.5. The molecule has 5 heteroatoms. The van der Waals surface area contributed by atoms with E-state index < -0.39 is 0 Å². The van der Waals surface area contributed by atoms with E-state index in [9.17, 15) is 14.4 Å². The number of rotatable bonds is 3. The van der Waals surface area contributed by atoms with Crippen molar-refractivity contribution in [3.8, 4) is 0 Å². The summed E-state index contributed by atoms with van der Waals surface area (Å²) in [5, 5.41) is 3.08. The van der Waals surface area contributed by atoms with Gasteiger partial charge in [0.2, 0.25) is 17.7 Å². The van der Waals surface area contributed by atoms with E-state index in [2.05, 4.69) is 23.5 Å². The van der Waals surface area contributed by atoms with E-state index in [0.29, 0.717) is 11.8 Å². The first kappa shape index (κ1) is 19.3. The number of carbonyl (C=O) groups excluding carboxylic acids is 3. The van der Waals surface area contributed by atoms with Crippen molar-refractivity contribution < 1.29 is 14.4 Å². The van der Waals surface area contributed by atoms with E-state index in [1.54, 1.807) is 4.90 Å². The van der Waals surface area contributed by atoms with Gasteiger partial charge >= 0.3 is 0 Å². The molecule has 0 aromatic heterocycles. The monoisotopic (exact) mass is 418 g/mol. The van der Waals surface area contributed by atoms with Gasteiger partial charge in [-0.1, -0.05) is 29.8 Å². The van der Waals surface area contributed by atoms with Gasteiger partial charge in [-0.2, -0.15) is 0 Å². The fourth-order valence-electron chi connectivity index (χ4n) is 7.12. The zero-order valence-electron chi connectivity index (χ0n) is 18.2. The number of nitrogens with one attached hydrogen (secondary N) is 1. The van der Waals surface area contributed by atoms with Gasteiger partial charge in [0.25, 0.3) is 0 Å². The minimum absolute atomic E-state index is 0.0357. The molecule has 1 aromatic rings. The van der Waals surface area contributed by atoms with Gasteiger partial charge in [-0.25, -0.2) is 0 Å². The number of amides is 3. The van der Waals surface area contributed by atoms with Crippen molar-refractivity contribution in [3.05, 3.63) is 41.5 Å². The predicted octanol–water partition coefficient (Wildman–Crippen LogP) is 3.85. The molecule has 0 radical (unpaired) electrons. The molecule has 31 heavy (non-hydrogen) atoms. The quantitative estimate of drug-likeness (QED) is 0.599. The molecule has 1 aromatic carbocycles. The summed E-state index contributed by atoms with van der Waals surface area (Å²) in [5.41, 5.74) is 3.12. The van der Waals surface area contributed by atoms with E-state index in [0.717, 1.165) is 36.9 Å². The Kier molecular flexibility index (Phi) is 4.22. The number of hydrogen-bond acceptors (Lipinski definition) is 3. The Balaban J connectivity index is 1.11. The molecule has 5 nitrogen and oxygen atoms in total. The van der Waals surface area contributed by atoms with Crippen LogP contribution in [0.5, 0.6) is 0 Å². The van der Waals surface area contributed by atoms with Crippen LogP contribution < -0.4 is 5.32 Å². The third-order valence-electron chi connectivity index (χ3n) is 8.77. The molecule has 3 saturated carbocycles. The van der Waals surface area contributed by atoms with E-state index in [4.69, 9.17) is 0 Å². The van der Waals surface area contributed by atoms with Crippen LogP contribution in [0, 0.1) is 55.3 Å². The van der Waals surface area contributed by atoms with Crippen molar-refractivity contribution in [1.29, 1.82) is 0 Å². The Morgan fingerprint density at radius 2 is 1.55 bits per heavy atom. The first-order valence-electron chi connectivity index (χ1n) is 11.9. The second-order valence-corrected chi connectivity index (χ2v) is 10.5. The number of imide groups is 1. The number of allylic oxidation sites excluding steroid dienone is 2. The van der Waals surface area contributed by atoms with E-state index in [1.807, 2.05) is 26.0 Å². The van der Waals surface area contributed by atoms with Crippen molar-refractivity contribution in [3.63, 3.8) is 0 Å². The van der Waals surface area contributed by atoms with Crippen LogP contribution in [0.3, 0.4) is 0 Å². The van der Waals surface area contributed by atoms with Gasteiger partial charge < -0.3 is 5.32 Å². The van der Waals surface area contributed by atoms with Crippen LogP contribution in [0.2, 0.25) is 0 Å². The van der Waals surface area contributed by atoms with Crippen LogP contribution in [-0.4, -0.2) is 28.7 Å². The van der Waals surface area contributed by atoms with Crippen LogP contribution in [0.15, 0.2) is 30.4 Å². The molecule has 1 saturated heterocycles. The van der Waals surface area contributed by atoms with Crippen molar-refractivity contribution in [2.75, 3.05) is 5.32 Å². The molecule has 1 N–H and O–H groups in total. The number of hydrogen-bond donors (Lipinski definition) is 1. The number of likely N-dealkylation sites (tertiary alicyclic amines) is 1. The highest BCUT2D eigenvalue weighted by Crippen LogP contribution is 2.65. The molecule has 2 bridgehead atoms. The van der Waals surface area contributed by atoms with Gasteiger partial charge in [0.05, 0.1) is 11.8 Å². The Bertz CT molecular complexity index is 970. The molecule has 7 rings (SSSR count). The molecular formula is C26H30N2O3. The summed E-state index contributed by atoms with van der Waals surface area (Å²) in [7, 11) is 0. The molecule has 4 fully saturated rings. The minimum atomic E-state index is -0.114. The van der Waals surface area contributed by atoms with Crippen LogP contribution in [-0.2, 0) is 14.4 Å². The number of benzene rings is 1. The fourth-order valence-corrected chi connectivity index (χ4v) is 7.12. The molecule has 6 aliphatic rings. The lowest BCUT2D eigenvalue weighted by atomic mass is 9.63. The predicted molar refractivity (Wildman–Crippen MR) is 117 cm³/mol. The lowest BCUT2D eigenvalue weighted by Crippen LogP contribution is -2.44. The number of aryl methyl sites for hydroxylation is 2. The van der Waals surface area contributed by atoms with E-state index >= 15 is 0 Å². The average Bonchev–Trinajstić information content (AvgIpc) is 3.54. The zero-order valence-corrected chi connectivity index (χ0v) is 18.2. The summed E-state index contributed by atoms with van der Waals surface area (Å²) in [6, 6.07) is 6.01. The summed E-state index contributed by atoms with van der Waals surface area (Å²) in [4.78, 5) is 41.1. The summed E-state index contributed by atoms with van der Waals surface area (Å²) in [6.07, 6.45) is 8.56. The molecule has 1 aliphatic heterocycles. The second kappa shape index (κ2) is 6.78. The van der Waals surface area contributed by atoms with Gasteiger partial charge in [0, 0.05) is 17.6 Å². The fraction of sp³-hybridized carbons (Fsp3) is 0.577. The van der Waals surface area contributed by atoms with Gasteiger partial charge in [-0.3, -0.25) is 19.3 Å². The van der Waals surface area contributed by atoms with Gasteiger partial charge in [0.1, 0.15) is 0 Å². The van der Waals surface area contributed by atoms with Gasteiger partial charge in [-0.05, 0) is 81.3 Å². The Morgan fingerprint density at radius 3 is 2.13 bits per heavy atom. The Hall–Kier alpha value is -2.43. The smallest absolute Gasteiger partial charge is 0.233 e. The van der Waals surface area contributed by atoms with Crippen LogP contribution in [0.25, 0.3) is 0 Å². The maximum atomic E-state index is 13.3. The SMILES string of the molecule is Cc1ccc(NC(=O)C2CCC(N3C(=O)[C@@H]4[C@H]5C=C[C@@H]([C@@H]6C[C@H]56)[C@@H]4C3=O)CC2)c(C)c1. The summed E-state index contributed by atoms with van der Waals surface area (Å²) in [6.45, 7) is 4.05. The van der Waals surface area contributed by atoms with E-state index in [-0.39, 0.29) is 53.4 Å². The van der Waals surface area contributed by atoms with E-state index in [1.165, 1.54) is 12.0 Å². The first-order valence-corrected chi connectivity index (χ1v) is 11.9. The molecule has 0 spiro atoms. The Labute approximate surface area is 183 Å². The summed E-state index contributed by atoms with van der Waals surface area (Å²) < 4.78 is 0. The normalized spacial score (nSPS) is 40.0. The molecule has 0 unspecified atom stereocenters. The molecule has 1 heterocycles. The topological polar surface area (TPSA) is 66.5 Å². The highest BCUT2D eigenvalue weighted by molar-refractivity contribution is 6.06. The maximum absolute atomic E-state index is 13.3. The molecule has 6 atom stereocenters. The molecule has 162 valence electrons. The average molecular weight is 419 g/mol. The first-order chi connectivity index (χ1) is 14.9. The highest BCUT2D eigenvalue weighted by Gasteiger charge is 2.67. The standard InChI is InChI=1S/C26H30N2O3/c1-13-3-10-21(14(2)11-13)27-24(29)15-4-6-16(7-5-15)28-25(30)22-17-8-9-18(20-12-19(17)20)23(22)26(28)31/h3,8-11,15-20,22-23H,4-7,12H2,1-2H3,(H,27,29)/t15?,16?,17-,18-,19-,20+,22-,23+/m0/s1. The maximum Gasteiger partial charge on any atom is 0.233 e. The largest absolute Gasteiger partial charge is 0.326 e. The lowest BCUT2D eigenvalue weighted by Gasteiger charge is -2.37. The number of nitrogens with zero attached hydrogens (tertiary/aromatic N) is 1. The molecule has 3 amide bonds. The van der Waals surface area contributed by atoms with Gasteiger partial charge in [-0.15, -0.1) is 0 Å². The van der Waals surface area contributed by atoms with Crippen LogP contribution in [0.4, 0.5) is 5.69 Å². The third kappa shape index (κ3) is 2.85. The number of anilines is 1. The van der Waals surface area contributed by atoms with Crippen LogP contribution >= 0.6 is 0 Å². The van der Waals surface area contributed by atoms with Crippen molar-refractivity contribution in [1.82, 2.24) is 4.90 Å². The van der Waals surface area contributed by atoms with Gasteiger partial charge in [0.15, 0.2) is 0 Å². The summed E-state index contributed by atoms with van der Waals surface area (Å²) >= 11 is 0. The lowest BCUT2D eigenvalue weighted by molar-refractivity contribution is -0.144. The summed E-state index contributed by atoms with van der Waals surface area (Å²) in [5.74, 6) is 1.75. The third-order valence-corrected chi connectivity index (χ3v) is 8.77. The molecule has 5 aliphatic carbocycles. The Morgan fingerprint density at radius 1 is 0.935 bits per heavy atom.